The van der Waals surface area contributed by atoms with Gasteiger partial charge in [0.2, 0.25) is 0 Å². The van der Waals surface area contributed by atoms with E-state index in [0.717, 1.165) is 18.0 Å². The molecule has 2 heterocycles. The predicted octanol–water partition coefficient (Wildman–Crippen LogP) is 4.10. The SMILES string of the molecule is Cc1ccc(C2CCCN2Cn2ncn(C(C)C)c2=S)cc1. The first-order chi connectivity index (χ1) is 10.6. The monoisotopic (exact) mass is 316 g/mol. The second kappa shape index (κ2) is 6.34. The summed E-state index contributed by atoms with van der Waals surface area (Å²) in [4.78, 5) is 2.48. The van der Waals surface area contributed by atoms with E-state index in [4.69, 9.17) is 12.2 Å². The van der Waals surface area contributed by atoms with Gasteiger partial charge in [-0.05, 0) is 51.4 Å². The van der Waals surface area contributed by atoms with Crippen LogP contribution in [0.5, 0.6) is 0 Å². The fourth-order valence-electron chi connectivity index (χ4n) is 3.13. The number of rotatable bonds is 4. The lowest BCUT2D eigenvalue weighted by Gasteiger charge is -2.24. The van der Waals surface area contributed by atoms with Gasteiger partial charge in [0, 0.05) is 18.6 Å². The van der Waals surface area contributed by atoms with E-state index in [2.05, 4.69) is 55.0 Å². The van der Waals surface area contributed by atoms with Crippen LogP contribution in [0.2, 0.25) is 0 Å². The van der Waals surface area contributed by atoms with Gasteiger partial charge in [0.25, 0.3) is 0 Å². The van der Waals surface area contributed by atoms with Crippen molar-refractivity contribution in [2.24, 2.45) is 0 Å². The van der Waals surface area contributed by atoms with E-state index in [-0.39, 0.29) is 0 Å². The number of aryl methyl sites for hydroxylation is 1. The van der Waals surface area contributed by atoms with Crippen molar-refractivity contribution in [3.8, 4) is 0 Å². The van der Waals surface area contributed by atoms with Gasteiger partial charge in [-0.25, -0.2) is 4.68 Å². The zero-order valence-corrected chi connectivity index (χ0v) is 14.4. The van der Waals surface area contributed by atoms with E-state index >= 15 is 0 Å². The normalized spacial score (nSPS) is 19.2. The summed E-state index contributed by atoms with van der Waals surface area (Å²) in [6.45, 7) is 8.28. The van der Waals surface area contributed by atoms with Crippen LogP contribution < -0.4 is 0 Å². The van der Waals surface area contributed by atoms with Crippen LogP contribution in [0.15, 0.2) is 30.6 Å². The molecule has 1 aliphatic heterocycles. The highest BCUT2D eigenvalue weighted by atomic mass is 32.1. The summed E-state index contributed by atoms with van der Waals surface area (Å²) in [5, 5.41) is 4.48. The van der Waals surface area contributed by atoms with Crippen LogP contribution in [0, 0.1) is 11.7 Å². The maximum atomic E-state index is 5.55. The summed E-state index contributed by atoms with van der Waals surface area (Å²) >= 11 is 5.55. The molecule has 0 spiro atoms. The molecule has 3 rings (SSSR count). The van der Waals surface area contributed by atoms with Crippen LogP contribution in [0.3, 0.4) is 0 Å². The largest absolute Gasteiger partial charge is 0.304 e. The van der Waals surface area contributed by atoms with Crippen LogP contribution in [-0.2, 0) is 6.67 Å². The molecule has 1 aromatic carbocycles. The highest BCUT2D eigenvalue weighted by molar-refractivity contribution is 7.71. The minimum atomic E-state index is 0.354. The predicted molar refractivity (Wildman–Crippen MR) is 91.3 cm³/mol. The van der Waals surface area contributed by atoms with Gasteiger partial charge >= 0.3 is 0 Å². The average Bonchev–Trinajstić information content (AvgIpc) is 3.08. The molecule has 0 amide bonds. The number of benzene rings is 1. The van der Waals surface area contributed by atoms with Gasteiger partial charge in [0.05, 0.1) is 6.67 Å². The molecular formula is C17H24N4S. The molecule has 0 saturated carbocycles. The topological polar surface area (TPSA) is 26.0 Å². The molecule has 5 heteroatoms. The van der Waals surface area contributed by atoms with E-state index in [1.54, 1.807) is 0 Å². The highest BCUT2D eigenvalue weighted by Crippen LogP contribution is 2.32. The lowest BCUT2D eigenvalue weighted by Crippen LogP contribution is -2.27. The first-order valence-electron chi connectivity index (χ1n) is 8.01. The molecular weight excluding hydrogens is 292 g/mol. The third kappa shape index (κ3) is 3.01. The standard InChI is InChI=1S/C17H24N4S/c1-13(2)20-11-18-21(17(20)22)12-19-10-4-5-16(19)15-8-6-14(3)7-9-15/h6-9,11,13,16H,4-5,10,12H2,1-3H3. The Labute approximate surface area is 137 Å². The van der Waals surface area contributed by atoms with Gasteiger partial charge in [-0.2, -0.15) is 5.10 Å². The molecule has 2 aromatic rings. The molecule has 1 unspecified atom stereocenters. The van der Waals surface area contributed by atoms with Gasteiger partial charge in [-0.1, -0.05) is 29.8 Å². The third-order valence-electron chi connectivity index (χ3n) is 4.45. The molecule has 1 saturated heterocycles. The van der Waals surface area contributed by atoms with Crippen LogP contribution in [0.25, 0.3) is 0 Å². The minimum absolute atomic E-state index is 0.354. The summed E-state index contributed by atoms with van der Waals surface area (Å²) in [6, 6.07) is 9.74. The quantitative estimate of drug-likeness (QED) is 0.794. The zero-order chi connectivity index (χ0) is 15.7. The Morgan fingerprint density at radius 1 is 1.27 bits per heavy atom. The molecule has 1 aliphatic rings. The fourth-order valence-corrected chi connectivity index (χ4v) is 3.50. The molecule has 22 heavy (non-hydrogen) atoms. The summed E-state index contributed by atoms with van der Waals surface area (Å²) < 4.78 is 4.80. The van der Waals surface area contributed by atoms with E-state index in [0.29, 0.717) is 12.1 Å². The summed E-state index contributed by atoms with van der Waals surface area (Å²) in [6.07, 6.45) is 4.29. The molecule has 0 bridgehead atoms. The zero-order valence-electron chi connectivity index (χ0n) is 13.6. The van der Waals surface area contributed by atoms with E-state index in [1.165, 1.54) is 24.0 Å². The first kappa shape index (κ1) is 15.4. The van der Waals surface area contributed by atoms with Gasteiger partial charge in [-0.3, -0.25) is 4.90 Å². The van der Waals surface area contributed by atoms with E-state index in [1.807, 2.05) is 15.6 Å². The molecule has 0 aliphatic carbocycles. The van der Waals surface area contributed by atoms with Crippen molar-refractivity contribution < 1.29 is 0 Å². The number of nitrogens with zero attached hydrogens (tertiary/aromatic N) is 4. The third-order valence-corrected chi connectivity index (χ3v) is 4.88. The molecule has 0 radical (unpaired) electrons. The van der Waals surface area contributed by atoms with Crippen molar-refractivity contribution in [2.75, 3.05) is 6.54 Å². The van der Waals surface area contributed by atoms with Crippen molar-refractivity contribution in [1.29, 1.82) is 0 Å². The maximum Gasteiger partial charge on any atom is 0.199 e. The Hall–Kier alpha value is -1.46. The van der Waals surface area contributed by atoms with Crippen LogP contribution in [0.1, 0.15) is 49.9 Å². The van der Waals surface area contributed by atoms with Gasteiger partial charge in [0.15, 0.2) is 4.77 Å². The van der Waals surface area contributed by atoms with Crippen LogP contribution in [0.4, 0.5) is 0 Å². The van der Waals surface area contributed by atoms with Crippen molar-refractivity contribution >= 4 is 12.2 Å². The Kier molecular flexibility index (Phi) is 4.45. The minimum Gasteiger partial charge on any atom is -0.304 e. The second-order valence-corrected chi connectivity index (χ2v) is 6.80. The van der Waals surface area contributed by atoms with Crippen molar-refractivity contribution in [2.45, 2.75) is 52.4 Å². The van der Waals surface area contributed by atoms with E-state index < -0.39 is 0 Å². The molecule has 1 fully saturated rings. The van der Waals surface area contributed by atoms with Crippen LogP contribution in [-0.4, -0.2) is 25.8 Å². The van der Waals surface area contributed by atoms with Gasteiger partial charge in [-0.15, -0.1) is 0 Å². The van der Waals surface area contributed by atoms with Crippen molar-refractivity contribution in [3.63, 3.8) is 0 Å². The van der Waals surface area contributed by atoms with Crippen molar-refractivity contribution in [1.82, 2.24) is 19.2 Å². The lowest BCUT2D eigenvalue weighted by molar-refractivity contribution is 0.189. The van der Waals surface area contributed by atoms with Gasteiger partial charge < -0.3 is 4.57 Å². The number of aromatic nitrogens is 3. The number of hydrogen-bond donors (Lipinski definition) is 0. The molecule has 0 N–H and O–H groups in total. The summed E-state index contributed by atoms with van der Waals surface area (Å²) in [5.41, 5.74) is 2.71. The number of hydrogen-bond acceptors (Lipinski definition) is 3. The Bertz CT molecular complexity index is 683. The summed E-state index contributed by atoms with van der Waals surface area (Å²) in [5.74, 6) is 0. The first-order valence-corrected chi connectivity index (χ1v) is 8.41. The second-order valence-electron chi connectivity index (χ2n) is 6.44. The maximum absolute atomic E-state index is 5.55. The van der Waals surface area contributed by atoms with Crippen LogP contribution >= 0.6 is 12.2 Å². The Balaban J connectivity index is 1.79. The Morgan fingerprint density at radius 2 is 2.00 bits per heavy atom. The van der Waals surface area contributed by atoms with Crippen molar-refractivity contribution in [3.05, 3.63) is 46.5 Å². The average molecular weight is 316 g/mol. The number of likely N-dealkylation sites (tertiary alicyclic amines) is 1. The smallest absolute Gasteiger partial charge is 0.199 e. The molecule has 1 aromatic heterocycles. The Morgan fingerprint density at radius 3 is 2.64 bits per heavy atom. The fraction of sp³-hybridized carbons (Fsp3) is 0.529. The van der Waals surface area contributed by atoms with E-state index in [9.17, 15) is 0 Å². The van der Waals surface area contributed by atoms with Gasteiger partial charge in [0.1, 0.15) is 6.33 Å². The molecule has 4 nitrogen and oxygen atoms in total. The molecule has 1 atom stereocenters. The molecule has 118 valence electrons. The lowest BCUT2D eigenvalue weighted by atomic mass is 10.0. The highest BCUT2D eigenvalue weighted by Gasteiger charge is 2.26. The summed E-state index contributed by atoms with van der Waals surface area (Å²) in [7, 11) is 0.